The van der Waals surface area contributed by atoms with Crippen molar-refractivity contribution in [3.8, 4) is 5.75 Å². The van der Waals surface area contributed by atoms with E-state index in [0.717, 1.165) is 25.1 Å². The Bertz CT molecular complexity index is 398. The molecule has 0 aromatic heterocycles. The highest BCUT2D eigenvalue weighted by Gasteiger charge is 2.12. The fraction of sp³-hybridized carbons (Fsp3) is 0.500. The normalized spacial score (nSPS) is 12.2. The van der Waals surface area contributed by atoms with E-state index in [0.29, 0.717) is 6.04 Å². The number of ether oxygens (including phenoxy) is 1. The number of hydrogen-bond acceptors (Lipinski definition) is 2. The van der Waals surface area contributed by atoms with Gasteiger partial charge in [-0.2, -0.15) is 0 Å². The molecule has 1 aromatic rings. The van der Waals surface area contributed by atoms with Gasteiger partial charge in [0.25, 0.3) is 0 Å². The highest BCUT2D eigenvalue weighted by Crippen LogP contribution is 2.25. The Hall–Kier alpha value is -1.28. The molecule has 2 nitrogen and oxygen atoms in total. The molecule has 1 unspecified atom stereocenters. The van der Waals surface area contributed by atoms with Crippen molar-refractivity contribution >= 4 is 0 Å². The van der Waals surface area contributed by atoms with Crippen molar-refractivity contribution < 1.29 is 4.74 Å². The fourth-order valence-corrected chi connectivity index (χ4v) is 2.09. The van der Waals surface area contributed by atoms with Crippen molar-refractivity contribution in [3.05, 3.63) is 41.5 Å². The standard InChI is InChI=1S/C16H25NO/c1-6-9-17-15(10-12(2)3)14-7-8-16(18-5)13(4)11-14/h7-8,11,15,17H,2,6,9-10H2,1,3-5H3. The predicted octanol–water partition coefficient (Wildman–Crippen LogP) is 4.01. The second-order valence-corrected chi connectivity index (χ2v) is 4.90. The SMILES string of the molecule is C=C(C)CC(NCCC)c1ccc(OC)c(C)c1. The van der Waals surface area contributed by atoms with Gasteiger partial charge in [0.15, 0.2) is 0 Å². The van der Waals surface area contributed by atoms with Crippen LogP contribution < -0.4 is 10.1 Å². The molecular formula is C16H25NO. The summed E-state index contributed by atoms with van der Waals surface area (Å²) in [5.41, 5.74) is 3.70. The van der Waals surface area contributed by atoms with Gasteiger partial charge < -0.3 is 10.1 Å². The van der Waals surface area contributed by atoms with Crippen LogP contribution >= 0.6 is 0 Å². The second-order valence-electron chi connectivity index (χ2n) is 4.90. The third kappa shape index (κ3) is 4.19. The third-order valence-corrected chi connectivity index (χ3v) is 3.01. The van der Waals surface area contributed by atoms with Crippen LogP contribution in [0.2, 0.25) is 0 Å². The molecule has 1 rings (SSSR count). The van der Waals surface area contributed by atoms with Gasteiger partial charge in [0.1, 0.15) is 5.75 Å². The second kappa shape index (κ2) is 7.22. The third-order valence-electron chi connectivity index (χ3n) is 3.01. The van der Waals surface area contributed by atoms with Crippen LogP contribution in [0.1, 0.15) is 43.9 Å². The van der Waals surface area contributed by atoms with E-state index in [2.05, 4.69) is 44.8 Å². The average molecular weight is 247 g/mol. The molecule has 0 radical (unpaired) electrons. The van der Waals surface area contributed by atoms with Gasteiger partial charge in [0.05, 0.1) is 7.11 Å². The van der Waals surface area contributed by atoms with E-state index in [4.69, 9.17) is 4.74 Å². The molecule has 0 saturated carbocycles. The summed E-state index contributed by atoms with van der Waals surface area (Å²) in [6.07, 6.45) is 2.12. The van der Waals surface area contributed by atoms with Crippen LogP contribution in [0.15, 0.2) is 30.4 Å². The summed E-state index contributed by atoms with van der Waals surface area (Å²) in [4.78, 5) is 0. The monoisotopic (exact) mass is 247 g/mol. The highest BCUT2D eigenvalue weighted by atomic mass is 16.5. The zero-order valence-electron chi connectivity index (χ0n) is 12.0. The van der Waals surface area contributed by atoms with Gasteiger partial charge in [0.2, 0.25) is 0 Å². The zero-order chi connectivity index (χ0) is 13.5. The molecule has 1 atom stereocenters. The maximum atomic E-state index is 5.30. The first-order valence-corrected chi connectivity index (χ1v) is 6.60. The molecule has 0 aliphatic heterocycles. The Balaban J connectivity index is 2.89. The van der Waals surface area contributed by atoms with Crippen LogP contribution in [-0.4, -0.2) is 13.7 Å². The Morgan fingerprint density at radius 2 is 2.17 bits per heavy atom. The Kier molecular flexibility index (Phi) is 5.93. The van der Waals surface area contributed by atoms with Gasteiger partial charge in [-0.15, -0.1) is 6.58 Å². The van der Waals surface area contributed by atoms with Crippen LogP contribution in [0, 0.1) is 6.92 Å². The fourth-order valence-electron chi connectivity index (χ4n) is 2.09. The van der Waals surface area contributed by atoms with Crippen molar-refractivity contribution in [1.29, 1.82) is 0 Å². The number of benzene rings is 1. The molecule has 100 valence electrons. The lowest BCUT2D eigenvalue weighted by Crippen LogP contribution is -2.22. The quantitative estimate of drug-likeness (QED) is 0.735. The predicted molar refractivity (Wildman–Crippen MR) is 78.2 cm³/mol. The number of nitrogens with one attached hydrogen (secondary N) is 1. The molecule has 0 spiro atoms. The first-order valence-electron chi connectivity index (χ1n) is 6.60. The summed E-state index contributed by atoms with van der Waals surface area (Å²) in [5.74, 6) is 0.948. The van der Waals surface area contributed by atoms with E-state index in [9.17, 15) is 0 Å². The maximum absolute atomic E-state index is 5.30. The lowest BCUT2D eigenvalue weighted by atomic mass is 9.98. The molecule has 1 aromatic carbocycles. The summed E-state index contributed by atoms with van der Waals surface area (Å²) >= 11 is 0. The Labute approximate surface area is 111 Å². The van der Waals surface area contributed by atoms with Gasteiger partial charge >= 0.3 is 0 Å². The van der Waals surface area contributed by atoms with Crippen LogP contribution in [0.3, 0.4) is 0 Å². The lowest BCUT2D eigenvalue weighted by Gasteiger charge is -2.20. The van der Waals surface area contributed by atoms with Crippen LogP contribution in [0.5, 0.6) is 5.75 Å². The van der Waals surface area contributed by atoms with E-state index in [1.165, 1.54) is 16.7 Å². The number of hydrogen-bond donors (Lipinski definition) is 1. The lowest BCUT2D eigenvalue weighted by molar-refractivity contribution is 0.411. The summed E-state index contributed by atoms with van der Waals surface area (Å²) < 4.78 is 5.30. The van der Waals surface area contributed by atoms with Gasteiger partial charge in [-0.1, -0.05) is 24.6 Å². The van der Waals surface area contributed by atoms with Crippen molar-refractivity contribution in [3.63, 3.8) is 0 Å². The summed E-state index contributed by atoms with van der Waals surface area (Å²) in [6.45, 7) is 11.4. The maximum Gasteiger partial charge on any atom is 0.121 e. The number of aryl methyl sites for hydroxylation is 1. The molecule has 0 heterocycles. The minimum absolute atomic E-state index is 0.354. The molecular weight excluding hydrogens is 222 g/mol. The molecule has 0 aliphatic carbocycles. The first-order chi connectivity index (χ1) is 8.58. The molecule has 0 bridgehead atoms. The van der Waals surface area contributed by atoms with Crippen LogP contribution in [0.4, 0.5) is 0 Å². The molecule has 18 heavy (non-hydrogen) atoms. The van der Waals surface area contributed by atoms with Crippen molar-refractivity contribution in [2.45, 2.75) is 39.7 Å². The molecule has 2 heteroatoms. The summed E-state index contributed by atoms with van der Waals surface area (Å²) in [5, 5.41) is 3.58. The van der Waals surface area contributed by atoms with Crippen LogP contribution in [0.25, 0.3) is 0 Å². The van der Waals surface area contributed by atoms with E-state index in [1.807, 2.05) is 6.07 Å². The molecule has 0 fully saturated rings. The van der Waals surface area contributed by atoms with Crippen molar-refractivity contribution in [2.75, 3.05) is 13.7 Å². The van der Waals surface area contributed by atoms with E-state index in [-0.39, 0.29) is 0 Å². The molecule has 1 N–H and O–H groups in total. The minimum Gasteiger partial charge on any atom is -0.496 e. The molecule has 0 amide bonds. The van der Waals surface area contributed by atoms with Gasteiger partial charge in [0, 0.05) is 6.04 Å². The molecule has 0 aliphatic rings. The first kappa shape index (κ1) is 14.8. The number of rotatable bonds is 7. The van der Waals surface area contributed by atoms with Gasteiger partial charge in [-0.3, -0.25) is 0 Å². The van der Waals surface area contributed by atoms with E-state index < -0.39 is 0 Å². The largest absolute Gasteiger partial charge is 0.496 e. The average Bonchev–Trinajstić information content (AvgIpc) is 2.34. The Morgan fingerprint density at radius 3 is 2.67 bits per heavy atom. The van der Waals surface area contributed by atoms with Crippen LogP contribution in [-0.2, 0) is 0 Å². The zero-order valence-corrected chi connectivity index (χ0v) is 12.0. The van der Waals surface area contributed by atoms with Crippen molar-refractivity contribution in [1.82, 2.24) is 5.32 Å². The Morgan fingerprint density at radius 1 is 1.44 bits per heavy atom. The van der Waals surface area contributed by atoms with E-state index in [1.54, 1.807) is 7.11 Å². The van der Waals surface area contributed by atoms with Gasteiger partial charge in [-0.25, -0.2) is 0 Å². The summed E-state index contributed by atoms with van der Waals surface area (Å²) in [6, 6.07) is 6.74. The smallest absolute Gasteiger partial charge is 0.121 e. The van der Waals surface area contributed by atoms with E-state index >= 15 is 0 Å². The topological polar surface area (TPSA) is 21.3 Å². The molecule has 0 saturated heterocycles. The minimum atomic E-state index is 0.354. The van der Waals surface area contributed by atoms with Crippen molar-refractivity contribution in [2.24, 2.45) is 0 Å². The highest BCUT2D eigenvalue weighted by molar-refractivity contribution is 5.37. The number of methoxy groups -OCH3 is 1. The summed E-state index contributed by atoms with van der Waals surface area (Å²) in [7, 11) is 1.71. The van der Waals surface area contributed by atoms with Gasteiger partial charge in [-0.05, 0) is 50.4 Å².